The molecule has 0 radical (unpaired) electrons. The van der Waals surface area contributed by atoms with Crippen molar-refractivity contribution in [3.63, 3.8) is 0 Å². The maximum absolute atomic E-state index is 11.0. The van der Waals surface area contributed by atoms with Crippen molar-refractivity contribution in [1.29, 1.82) is 5.26 Å². The summed E-state index contributed by atoms with van der Waals surface area (Å²) < 4.78 is 12.6. The van der Waals surface area contributed by atoms with Crippen LogP contribution in [0, 0.1) is 25.2 Å². The van der Waals surface area contributed by atoms with Crippen molar-refractivity contribution >= 4 is 17.6 Å². The number of rotatable bonds is 16. The number of benzene rings is 4. The van der Waals surface area contributed by atoms with Crippen molar-refractivity contribution in [3.05, 3.63) is 135 Å². The SMILES string of the molecule is Cc1c(COc2cc(OCc3cncc(C#N)c3)c(CCC[C@@H](O)CC(=O)O)cc2Cl)cccc1-c1cccc(-c2ccc(CN(C)C)cc2)c1C. The number of aliphatic hydroxyl groups excluding tert-OH is 1. The van der Waals surface area contributed by atoms with Crippen LogP contribution in [0.15, 0.2) is 91.3 Å². The number of carboxylic acids is 1. The zero-order valence-electron chi connectivity index (χ0n) is 30.0. The third-order valence-corrected chi connectivity index (χ3v) is 9.34. The number of nitriles is 1. The van der Waals surface area contributed by atoms with Gasteiger partial charge in [0.25, 0.3) is 0 Å². The number of aliphatic hydroxyl groups is 1. The van der Waals surface area contributed by atoms with Crippen LogP contribution in [0.3, 0.4) is 0 Å². The van der Waals surface area contributed by atoms with Crippen LogP contribution in [-0.4, -0.2) is 46.3 Å². The molecule has 0 fully saturated rings. The molecule has 268 valence electrons. The first kappa shape index (κ1) is 38.0. The van der Waals surface area contributed by atoms with E-state index in [0.29, 0.717) is 41.3 Å². The molecule has 0 amide bonds. The Morgan fingerprint density at radius 3 is 2.27 bits per heavy atom. The molecule has 1 aromatic heterocycles. The molecule has 0 saturated heterocycles. The second-order valence-corrected chi connectivity index (χ2v) is 13.7. The second kappa shape index (κ2) is 17.8. The van der Waals surface area contributed by atoms with Crippen molar-refractivity contribution in [2.45, 2.75) is 65.4 Å². The van der Waals surface area contributed by atoms with Crippen LogP contribution in [0.1, 0.15) is 58.2 Å². The lowest BCUT2D eigenvalue weighted by molar-refractivity contribution is -0.139. The van der Waals surface area contributed by atoms with Gasteiger partial charge in [0.1, 0.15) is 30.8 Å². The standard InChI is InChI=1S/C43H44ClN3O5/c1-28-35(9-6-12-38(28)39-13-7-11-37(29(39)2)33-16-14-30(15-17-33)25-47(3)4)27-52-42-21-41(51-26-32-18-31(22-45)23-46-24-32)34(19-40(42)44)8-5-10-36(48)20-43(49)50/h6-7,9,11-19,21,23-24,36,48H,5,8,10,20,25-27H2,1-4H3,(H,49,50)/t36-/m1/s1. The number of ether oxygens (including phenoxy) is 2. The van der Waals surface area contributed by atoms with E-state index in [-0.39, 0.29) is 19.6 Å². The molecule has 0 aliphatic carbocycles. The molecule has 0 spiro atoms. The summed E-state index contributed by atoms with van der Waals surface area (Å²) in [6.07, 6.45) is 3.23. The molecule has 1 heterocycles. The van der Waals surface area contributed by atoms with Gasteiger partial charge in [-0.25, -0.2) is 0 Å². The lowest BCUT2D eigenvalue weighted by Crippen LogP contribution is -2.13. The Morgan fingerprint density at radius 1 is 0.865 bits per heavy atom. The predicted octanol–water partition coefficient (Wildman–Crippen LogP) is 8.94. The quantitative estimate of drug-likeness (QED) is 0.104. The number of hydrogen-bond acceptors (Lipinski definition) is 7. The van der Waals surface area contributed by atoms with Gasteiger partial charge in [0.15, 0.2) is 0 Å². The first-order chi connectivity index (χ1) is 25.0. The van der Waals surface area contributed by atoms with Crippen LogP contribution in [0.5, 0.6) is 11.5 Å². The van der Waals surface area contributed by atoms with Crippen LogP contribution >= 0.6 is 11.6 Å². The second-order valence-electron chi connectivity index (χ2n) is 13.3. The van der Waals surface area contributed by atoms with Gasteiger partial charge in [-0.15, -0.1) is 0 Å². The van der Waals surface area contributed by atoms with Gasteiger partial charge >= 0.3 is 5.97 Å². The average molecular weight is 718 g/mol. The first-order valence-electron chi connectivity index (χ1n) is 17.3. The summed E-state index contributed by atoms with van der Waals surface area (Å²) in [7, 11) is 4.14. The van der Waals surface area contributed by atoms with Gasteiger partial charge in [-0.3, -0.25) is 9.78 Å². The van der Waals surface area contributed by atoms with Crippen LogP contribution in [0.25, 0.3) is 22.3 Å². The van der Waals surface area contributed by atoms with Crippen LogP contribution < -0.4 is 9.47 Å². The highest BCUT2D eigenvalue weighted by molar-refractivity contribution is 6.32. The van der Waals surface area contributed by atoms with E-state index in [1.165, 1.54) is 28.5 Å². The van der Waals surface area contributed by atoms with E-state index < -0.39 is 12.1 Å². The molecule has 0 aliphatic heterocycles. The highest BCUT2D eigenvalue weighted by Gasteiger charge is 2.17. The van der Waals surface area contributed by atoms with Gasteiger partial charge in [-0.1, -0.05) is 72.3 Å². The van der Waals surface area contributed by atoms with Gasteiger partial charge in [-0.05, 0) is 109 Å². The number of carbonyl (C=O) groups is 1. The summed E-state index contributed by atoms with van der Waals surface area (Å²) >= 11 is 6.78. The topological polar surface area (TPSA) is 116 Å². The van der Waals surface area contributed by atoms with Crippen molar-refractivity contribution in [3.8, 4) is 39.8 Å². The number of aliphatic carboxylic acids is 1. The normalized spacial score (nSPS) is 11.7. The number of pyridine rings is 1. The monoisotopic (exact) mass is 717 g/mol. The molecule has 0 aliphatic rings. The Morgan fingerprint density at radius 2 is 1.56 bits per heavy atom. The molecule has 1 atom stereocenters. The smallest absolute Gasteiger partial charge is 0.305 e. The minimum Gasteiger partial charge on any atom is -0.488 e. The number of aryl methyl sites for hydroxylation is 1. The van der Waals surface area contributed by atoms with Crippen LogP contribution in [0.2, 0.25) is 5.02 Å². The number of aromatic nitrogens is 1. The molecule has 0 unspecified atom stereocenters. The highest BCUT2D eigenvalue weighted by atomic mass is 35.5. The number of hydrogen-bond donors (Lipinski definition) is 2. The Bertz CT molecular complexity index is 2060. The summed E-state index contributed by atoms with van der Waals surface area (Å²) in [4.78, 5) is 17.3. The van der Waals surface area contributed by atoms with Gasteiger partial charge in [0.05, 0.1) is 23.1 Å². The summed E-state index contributed by atoms with van der Waals surface area (Å²) in [5, 5.41) is 28.8. The number of halogens is 1. The molecule has 0 bridgehead atoms. The van der Waals surface area contributed by atoms with Crippen LogP contribution in [-0.2, 0) is 31.0 Å². The molecule has 9 heteroatoms. The van der Waals surface area contributed by atoms with E-state index in [1.54, 1.807) is 24.4 Å². The fourth-order valence-electron chi connectivity index (χ4n) is 6.32. The Hall–Kier alpha value is -5.20. The van der Waals surface area contributed by atoms with Crippen molar-refractivity contribution in [2.75, 3.05) is 14.1 Å². The van der Waals surface area contributed by atoms with E-state index in [9.17, 15) is 15.2 Å². The molecular weight excluding hydrogens is 674 g/mol. The minimum absolute atomic E-state index is 0.165. The van der Waals surface area contributed by atoms with Crippen molar-refractivity contribution in [2.24, 2.45) is 0 Å². The molecule has 5 aromatic rings. The van der Waals surface area contributed by atoms with E-state index in [4.69, 9.17) is 26.2 Å². The Labute approximate surface area is 310 Å². The van der Waals surface area contributed by atoms with E-state index in [0.717, 1.165) is 39.9 Å². The van der Waals surface area contributed by atoms with Gasteiger partial charge in [-0.2, -0.15) is 5.26 Å². The fourth-order valence-corrected chi connectivity index (χ4v) is 6.56. The third kappa shape index (κ3) is 9.98. The predicted molar refractivity (Wildman–Crippen MR) is 204 cm³/mol. The lowest BCUT2D eigenvalue weighted by Gasteiger charge is -2.18. The molecule has 2 N–H and O–H groups in total. The van der Waals surface area contributed by atoms with Gasteiger partial charge < -0.3 is 24.6 Å². The maximum Gasteiger partial charge on any atom is 0.305 e. The largest absolute Gasteiger partial charge is 0.488 e. The molecule has 52 heavy (non-hydrogen) atoms. The number of nitrogens with zero attached hydrogens (tertiary/aromatic N) is 3. The average Bonchev–Trinajstić information content (AvgIpc) is 3.11. The summed E-state index contributed by atoms with van der Waals surface area (Å²) in [6.45, 7) is 5.62. The minimum atomic E-state index is -1.04. The molecule has 5 rings (SSSR count). The molecule has 4 aromatic carbocycles. The number of carboxylic acid groups (broad SMARTS) is 1. The Balaban J connectivity index is 1.37. The van der Waals surface area contributed by atoms with Crippen molar-refractivity contribution < 1.29 is 24.5 Å². The maximum atomic E-state index is 11.0. The summed E-state index contributed by atoms with van der Waals surface area (Å²) in [6, 6.07) is 28.8. The van der Waals surface area contributed by atoms with E-state index in [2.05, 4.69) is 98.5 Å². The Kier molecular flexibility index (Phi) is 13.0. The molecule has 0 saturated carbocycles. The van der Waals surface area contributed by atoms with Crippen LogP contribution in [0.4, 0.5) is 0 Å². The molecule has 8 nitrogen and oxygen atoms in total. The molecular formula is C43H44ClN3O5. The lowest BCUT2D eigenvalue weighted by atomic mass is 9.89. The highest BCUT2D eigenvalue weighted by Crippen LogP contribution is 2.37. The zero-order chi connectivity index (χ0) is 37.2. The van der Waals surface area contributed by atoms with Gasteiger partial charge in [0.2, 0.25) is 0 Å². The zero-order valence-corrected chi connectivity index (χ0v) is 30.8. The summed E-state index contributed by atoms with van der Waals surface area (Å²) in [5.74, 6) is -0.0433. The first-order valence-corrected chi connectivity index (χ1v) is 17.6. The van der Waals surface area contributed by atoms with E-state index in [1.807, 2.05) is 6.07 Å². The summed E-state index contributed by atoms with van der Waals surface area (Å²) in [5.41, 5.74) is 11.2. The fraction of sp³-hybridized carbons (Fsp3) is 0.279. The van der Waals surface area contributed by atoms with Gasteiger partial charge in [0, 0.05) is 30.6 Å². The third-order valence-electron chi connectivity index (χ3n) is 9.04. The van der Waals surface area contributed by atoms with E-state index >= 15 is 0 Å². The van der Waals surface area contributed by atoms with Crippen molar-refractivity contribution in [1.82, 2.24) is 9.88 Å².